The monoisotopic (exact) mass is 262 g/mol. The molecule has 0 aliphatic carbocycles. The number of hydrogen-bond donors (Lipinski definition) is 1. The molecular formula is C14H22N4O. The zero-order chi connectivity index (χ0) is 13.8. The number of aliphatic hydroxyl groups excluding tert-OH is 1. The summed E-state index contributed by atoms with van der Waals surface area (Å²) in [4.78, 5) is 0. The van der Waals surface area contributed by atoms with Gasteiger partial charge in [0.25, 0.3) is 0 Å². The third-order valence-corrected chi connectivity index (χ3v) is 3.09. The van der Waals surface area contributed by atoms with E-state index in [0.717, 1.165) is 24.2 Å². The van der Waals surface area contributed by atoms with Crippen LogP contribution in [0.5, 0.6) is 0 Å². The first-order chi connectivity index (χ1) is 9.10. The van der Waals surface area contributed by atoms with Crippen LogP contribution in [0.25, 0.3) is 0 Å². The minimum absolute atomic E-state index is 0.346. The zero-order valence-electron chi connectivity index (χ0n) is 11.8. The van der Waals surface area contributed by atoms with Crippen molar-refractivity contribution in [1.82, 2.24) is 19.6 Å². The topological polar surface area (TPSA) is 55.9 Å². The predicted molar refractivity (Wildman–Crippen MR) is 73.8 cm³/mol. The Morgan fingerprint density at radius 3 is 2.79 bits per heavy atom. The Balaban J connectivity index is 2.00. The molecular weight excluding hydrogens is 240 g/mol. The molecule has 0 aromatic carbocycles. The van der Waals surface area contributed by atoms with Crippen LogP contribution in [0.3, 0.4) is 0 Å². The molecule has 0 amide bonds. The normalized spacial score (nSPS) is 13.1. The first kappa shape index (κ1) is 13.8. The van der Waals surface area contributed by atoms with Gasteiger partial charge in [-0.2, -0.15) is 10.2 Å². The van der Waals surface area contributed by atoms with Gasteiger partial charge in [-0.05, 0) is 26.3 Å². The van der Waals surface area contributed by atoms with E-state index in [2.05, 4.69) is 31.0 Å². The van der Waals surface area contributed by atoms with Crippen LogP contribution in [0, 0.1) is 0 Å². The minimum Gasteiger partial charge on any atom is -0.388 e. The fraction of sp³-hybridized carbons (Fsp3) is 0.571. The van der Waals surface area contributed by atoms with Crippen LogP contribution in [-0.2, 0) is 13.0 Å². The van der Waals surface area contributed by atoms with Gasteiger partial charge >= 0.3 is 0 Å². The van der Waals surface area contributed by atoms with Crippen LogP contribution in [0.2, 0.25) is 0 Å². The molecule has 1 atom stereocenters. The molecule has 0 spiro atoms. The van der Waals surface area contributed by atoms with Gasteiger partial charge in [-0.25, -0.2) is 0 Å². The highest BCUT2D eigenvalue weighted by atomic mass is 16.3. The molecule has 19 heavy (non-hydrogen) atoms. The number of aryl methyl sites for hydroxylation is 1. The Morgan fingerprint density at radius 2 is 2.16 bits per heavy atom. The summed E-state index contributed by atoms with van der Waals surface area (Å²) < 4.78 is 3.77. The lowest BCUT2D eigenvalue weighted by Crippen LogP contribution is -2.05. The van der Waals surface area contributed by atoms with Crippen molar-refractivity contribution in [2.45, 2.75) is 52.3 Å². The van der Waals surface area contributed by atoms with Crippen LogP contribution >= 0.6 is 0 Å². The summed E-state index contributed by atoms with van der Waals surface area (Å²) in [5, 5.41) is 18.9. The summed E-state index contributed by atoms with van der Waals surface area (Å²) in [6, 6.07) is 2.30. The number of nitrogens with zero attached hydrogens (tertiary/aromatic N) is 4. The first-order valence-corrected chi connectivity index (χ1v) is 6.84. The van der Waals surface area contributed by atoms with Crippen molar-refractivity contribution in [3.8, 4) is 0 Å². The van der Waals surface area contributed by atoms with Crippen LogP contribution in [0.4, 0.5) is 0 Å². The van der Waals surface area contributed by atoms with E-state index in [0.29, 0.717) is 12.5 Å². The average Bonchev–Trinajstić information content (AvgIpc) is 2.98. The van der Waals surface area contributed by atoms with Crippen molar-refractivity contribution >= 4 is 0 Å². The quantitative estimate of drug-likeness (QED) is 0.869. The molecule has 1 unspecified atom stereocenters. The highest BCUT2D eigenvalue weighted by Gasteiger charge is 2.13. The van der Waals surface area contributed by atoms with E-state index >= 15 is 0 Å². The molecule has 104 valence electrons. The van der Waals surface area contributed by atoms with E-state index < -0.39 is 6.10 Å². The zero-order valence-corrected chi connectivity index (χ0v) is 11.8. The number of rotatable bonds is 6. The van der Waals surface area contributed by atoms with Gasteiger partial charge in [0.05, 0.1) is 18.0 Å². The summed E-state index contributed by atoms with van der Waals surface area (Å²) >= 11 is 0. The van der Waals surface area contributed by atoms with Crippen LogP contribution < -0.4 is 0 Å². The largest absolute Gasteiger partial charge is 0.388 e. The number of aliphatic hydroxyl groups is 1. The second-order valence-corrected chi connectivity index (χ2v) is 5.14. The maximum Gasteiger partial charge on any atom is 0.0876 e. The Morgan fingerprint density at radius 1 is 1.37 bits per heavy atom. The molecule has 1 N–H and O–H groups in total. The highest BCUT2D eigenvalue weighted by Crippen LogP contribution is 2.17. The standard InChI is InChI=1S/C14H22N4O/c1-4-6-17-10-12(9-15-17)14(19)8-13-5-7-18(16-13)11(2)3/h5,7,9-11,14,19H,4,6,8H2,1-3H3. The van der Waals surface area contributed by atoms with Crippen molar-refractivity contribution in [2.75, 3.05) is 0 Å². The molecule has 0 aliphatic heterocycles. The summed E-state index contributed by atoms with van der Waals surface area (Å²) in [6.45, 7) is 7.16. The lowest BCUT2D eigenvalue weighted by molar-refractivity contribution is 0.176. The lowest BCUT2D eigenvalue weighted by atomic mass is 10.1. The van der Waals surface area contributed by atoms with Gasteiger partial charge < -0.3 is 5.11 Å². The van der Waals surface area contributed by atoms with Crippen molar-refractivity contribution in [3.05, 3.63) is 35.9 Å². The average molecular weight is 262 g/mol. The van der Waals surface area contributed by atoms with Crippen LogP contribution in [0.1, 0.15) is 50.6 Å². The number of aromatic nitrogens is 4. The lowest BCUT2D eigenvalue weighted by Gasteiger charge is -2.07. The van der Waals surface area contributed by atoms with Gasteiger partial charge in [0.2, 0.25) is 0 Å². The van der Waals surface area contributed by atoms with Gasteiger partial charge in [0.15, 0.2) is 0 Å². The Bertz CT molecular complexity index is 515. The maximum atomic E-state index is 10.2. The molecule has 5 heteroatoms. The third kappa shape index (κ3) is 3.44. The molecule has 2 aromatic rings. The van der Waals surface area contributed by atoms with E-state index in [1.807, 2.05) is 27.8 Å². The van der Waals surface area contributed by atoms with E-state index in [1.165, 1.54) is 0 Å². The van der Waals surface area contributed by atoms with E-state index in [9.17, 15) is 5.11 Å². The second kappa shape index (κ2) is 6.02. The highest BCUT2D eigenvalue weighted by molar-refractivity contribution is 5.12. The van der Waals surface area contributed by atoms with Gasteiger partial charge in [-0.1, -0.05) is 6.92 Å². The predicted octanol–water partition coefficient (Wildman–Crippen LogP) is 2.35. The summed E-state index contributed by atoms with van der Waals surface area (Å²) in [5.74, 6) is 0. The fourth-order valence-corrected chi connectivity index (χ4v) is 1.99. The molecule has 2 heterocycles. The van der Waals surface area contributed by atoms with Crippen molar-refractivity contribution in [2.24, 2.45) is 0 Å². The summed E-state index contributed by atoms with van der Waals surface area (Å²) in [5.41, 5.74) is 1.76. The van der Waals surface area contributed by atoms with Crippen LogP contribution in [0.15, 0.2) is 24.7 Å². The van der Waals surface area contributed by atoms with E-state index in [1.54, 1.807) is 6.20 Å². The summed E-state index contributed by atoms with van der Waals surface area (Å²) in [6.07, 6.45) is 6.62. The molecule has 2 rings (SSSR count). The maximum absolute atomic E-state index is 10.2. The Hall–Kier alpha value is -1.62. The smallest absolute Gasteiger partial charge is 0.0876 e. The fourth-order valence-electron chi connectivity index (χ4n) is 1.99. The molecule has 0 aliphatic rings. The molecule has 0 radical (unpaired) electrons. The van der Waals surface area contributed by atoms with Crippen molar-refractivity contribution in [1.29, 1.82) is 0 Å². The molecule has 0 saturated heterocycles. The van der Waals surface area contributed by atoms with E-state index in [4.69, 9.17) is 0 Å². The molecule has 2 aromatic heterocycles. The van der Waals surface area contributed by atoms with E-state index in [-0.39, 0.29) is 0 Å². The molecule has 0 fully saturated rings. The Kier molecular flexibility index (Phi) is 4.37. The molecule has 0 saturated carbocycles. The number of hydrogen-bond acceptors (Lipinski definition) is 3. The SMILES string of the molecule is CCCn1cc(C(O)Cc2ccn(C(C)C)n2)cn1. The molecule has 0 bridgehead atoms. The van der Waals surface area contributed by atoms with Gasteiger partial charge in [-0.15, -0.1) is 0 Å². The van der Waals surface area contributed by atoms with Crippen LogP contribution in [-0.4, -0.2) is 24.7 Å². The van der Waals surface area contributed by atoms with Gasteiger partial charge in [0, 0.05) is 37.0 Å². The van der Waals surface area contributed by atoms with Crippen molar-refractivity contribution in [3.63, 3.8) is 0 Å². The first-order valence-electron chi connectivity index (χ1n) is 6.84. The summed E-state index contributed by atoms with van der Waals surface area (Å²) in [7, 11) is 0. The van der Waals surface area contributed by atoms with Crippen molar-refractivity contribution < 1.29 is 5.11 Å². The molecule has 5 nitrogen and oxygen atoms in total. The third-order valence-electron chi connectivity index (χ3n) is 3.09. The second-order valence-electron chi connectivity index (χ2n) is 5.14. The minimum atomic E-state index is -0.541. The van der Waals surface area contributed by atoms with Gasteiger partial charge in [-0.3, -0.25) is 9.36 Å². The van der Waals surface area contributed by atoms with Gasteiger partial charge in [0.1, 0.15) is 0 Å². The Labute approximate surface area is 113 Å².